The molecule has 1 fully saturated rings. The van der Waals surface area contributed by atoms with Crippen LogP contribution in [-0.2, 0) is 20.5 Å². The minimum atomic E-state index is -4.83. The Morgan fingerprint density at radius 2 is 2.07 bits per heavy atom. The predicted octanol–water partition coefficient (Wildman–Crippen LogP) is 1.92. The molecule has 0 aliphatic carbocycles. The van der Waals surface area contributed by atoms with Crippen LogP contribution in [0, 0.1) is 0 Å². The van der Waals surface area contributed by atoms with Gasteiger partial charge in [-0.1, -0.05) is 6.92 Å². The number of nitrogens with zero attached hydrogens (tertiary/aromatic N) is 2. The quantitative estimate of drug-likeness (QED) is 0.606. The van der Waals surface area contributed by atoms with Gasteiger partial charge in [0, 0.05) is 18.8 Å². The van der Waals surface area contributed by atoms with E-state index in [2.05, 4.69) is 5.32 Å². The number of carbonyl (C=O) groups excluding carboxylic acids is 2. The molecule has 0 saturated carbocycles. The monoisotopic (exact) mass is 438 g/mol. The minimum Gasteiger partial charge on any atom is -0.370 e. The third kappa shape index (κ3) is 5.86. The molecule has 1 aromatic rings. The summed E-state index contributed by atoms with van der Waals surface area (Å²) in [6.07, 6.45) is -7.57. The van der Waals surface area contributed by atoms with Crippen molar-refractivity contribution in [1.82, 2.24) is 4.90 Å². The maximum absolute atomic E-state index is 13.6. The first-order valence-electron chi connectivity index (χ1n) is 9.21. The highest BCUT2D eigenvalue weighted by Crippen LogP contribution is 2.37. The molecular weight excluding hydrogens is 415 g/mol. The van der Waals surface area contributed by atoms with Crippen molar-refractivity contribution in [2.75, 3.05) is 49.6 Å². The Morgan fingerprint density at radius 3 is 2.60 bits per heavy atom. The molecule has 12 heteroatoms. The van der Waals surface area contributed by atoms with Crippen LogP contribution in [0.3, 0.4) is 0 Å². The smallest absolute Gasteiger partial charge is 0.370 e. The summed E-state index contributed by atoms with van der Waals surface area (Å²) in [6, 6.07) is 1.82. The molecule has 0 unspecified atom stereocenters. The molecule has 168 valence electrons. The van der Waals surface area contributed by atoms with Crippen LogP contribution in [0.25, 0.3) is 0 Å². The third-order valence-electron chi connectivity index (χ3n) is 4.61. The van der Waals surface area contributed by atoms with Crippen molar-refractivity contribution >= 4 is 23.2 Å². The summed E-state index contributed by atoms with van der Waals surface area (Å²) < 4.78 is 71.2. The summed E-state index contributed by atoms with van der Waals surface area (Å²) in [4.78, 5) is 26.7. The van der Waals surface area contributed by atoms with Crippen molar-refractivity contribution < 1.29 is 36.3 Å². The van der Waals surface area contributed by atoms with Crippen LogP contribution in [-0.4, -0.2) is 68.6 Å². The number of hydrogen-bond donors (Lipinski definition) is 2. The van der Waals surface area contributed by atoms with Crippen LogP contribution in [0.2, 0.25) is 0 Å². The highest BCUT2D eigenvalue weighted by atomic mass is 19.4. The minimum absolute atomic E-state index is 0.0110. The van der Waals surface area contributed by atoms with Crippen molar-refractivity contribution in [2.24, 2.45) is 5.73 Å². The van der Waals surface area contributed by atoms with E-state index in [9.17, 15) is 31.5 Å². The number of likely N-dealkylation sites (N-methyl/N-ethyl adjacent to an activating group) is 1. The van der Waals surface area contributed by atoms with E-state index in [1.54, 1.807) is 0 Å². The highest BCUT2D eigenvalue weighted by Gasteiger charge is 2.36. The van der Waals surface area contributed by atoms with Crippen molar-refractivity contribution in [1.29, 1.82) is 0 Å². The number of amides is 2. The van der Waals surface area contributed by atoms with E-state index in [1.807, 2.05) is 0 Å². The largest absolute Gasteiger partial charge is 0.418 e. The molecule has 1 saturated heterocycles. The lowest BCUT2D eigenvalue weighted by Gasteiger charge is -2.29. The van der Waals surface area contributed by atoms with Gasteiger partial charge in [0.05, 0.1) is 24.4 Å². The lowest BCUT2D eigenvalue weighted by Crippen LogP contribution is -2.50. The van der Waals surface area contributed by atoms with Gasteiger partial charge in [-0.3, -0.25) is 14.5 Å². The number of benzene rings is 1. The average Bonchev–Trinajstić information content (AvgIpc) is 2.67. The average molecular weight is 438 g/mol. The van der Waals surface area contributed by atoms with Gasteiger partial charge in [0.15, 0.2) is 0 Å². The van der Waals surface area contributed by atoms with Crippen molar-refractivity contribution in [3.05, 3.63) is 23.8 Å². The number of rotatable bonds is 8. The fourth-order valence-electron chi connectivity index (χ4n) is 3.13. The molecule has 7 nitrogen and oxygen atoms in total. The molecule has 0 aromatic heterocycles. The van der Waals surface area contributed by atoms with E-state index in [1.165, 1.54) is 13.0 Å². The van der Waals surface area contributed by atoms with Gasteiger partial charge in [-0.25, -0.2) is 8.78 Å². The molecule has 1 heterocycles. The number of hydrogen-bond acceptors (Lipinski definition) is 5. The number of nitrogens with one attached hydrogen (secondary N) is 1. The molecule has 0 spiro atoms. The van der Waals surface area contributed by atoms with Crippen LogP contribution in [0.4, 0.5) is 33.3 Å². The molecule has 2 rings (SSSR count). The lowest BCUT2D eigenvalue weighted by atomic mass is 10.1. The number of alkyl halides is 5. The molecule has 1 aliphatic rings. The Morgan fingerprint density at radius 1 is 1.37 bits per heavy atom. The molecular formula is C18H23F5N4O3. The molecule has 0 radical (unpaired) electrons. The summed E-state index contributed by atoms with van der Waals surface area (Å²) >= 11 is 0. The normalized spacial score (nSPS) is 16.3. The van der Waals surface area contributed by atoms with Crippen molar-refractivity contribution in [3.8, 4) is 0 Å². The van der Waals surface area contributed by atoms with Crippen LogP contribution in [0.15, 0.2) is 18.2 Å². The maximum Gasteiger partial charge on any atom is 0.418 e. The number of nitrogens with two attached hydrogens (primary N) is 1. The van der Waals surface area contributed by atoms with Crippen LogP contribution in [0.1, 0.15) is 12.5 Å². The number of carbonyl (C=O) groups is 2. The summed E-state index contributed by atoms with van der Waals surface area (Å²) in [5.74, 6) is -1.42. The topological polar surface area (TPSA) is 87.9 Å². The number of morpholine rings is 1. The summed E-state index contributed by atoms with van der Waals surface area (Å²) in [5.41, 5.74) is 3.81. The zero-order valence-corrected chi connectivity index (χ0v) is 16.2. The van der Waals surface area contributed by atoms with E-state index in [4.69, 9.17) is 10.5 Å². The zero-order chi connectivity index (χ0) is 22.5. The standard InChI is InChI=1S/C18H23F5N4O3/c1-2-26(9-15(19)20)14(8-24)17(29)25-13-4-3-11(7-12(13)18(21,22)23)27-5-6-30-10-16(27)28/h3-4,7,14-15H,2,5-6,8-10,24H2,1H3,(H,25,29)/t14-/m0/s1. The molecule has 2 amide bonds. The third-order valence-corrected chi connectivity index (χ3v) is 4.61. The fourth-order valence-corrected chi connectivity index (χ4v) is 3.13. The van der Waals surface area contributed by atoms with E-state index in [0.29, 0.717) is 0 Å². The predicted molar refractivity (Wildman–Crippen MR) is 99.3 cm³/mol. The first-order valence-corrected chi connectivity index (χ1v) is 9.21. The number of anilines is 2. The van der Waals surface area contributed by atoms with Crippen molar-refractivity contribution in [2.45, 2.75) is 25.6 Å². The van der Waals surface area contributed by atoms with Crippen LogP contribution < -0.4 is 16.0 Å². The van der Waals surface area contributed by atoms with Crippen molar-refractivity contribution in [3.63, 3.8) is 0 Å². The van der Waals surface area contributed by atoms with Gasteiger partial charge < -0.3 is 20.7 Å². The second-order valence-electron chi connectivity index (χ2n) is 6.55. The van der Waals surface area contributed by atoms with Gasteiger partial charge in [-0.2, -0.15) is 13.2 Å². The molecule has 1 aliphatic heterocycles. The Balaban J connectivity index is 2.31. The molecule has 1 aromatic carbocycles. The van der Waals surface area contributed by atoms with Crippen LogP contribution in [0.5, 0.6) is 0 Å². The molecule has 1 atom stereocenters. The summed E-state index contributed by atoms with van der Waals surface area (Å²) in [5, 5.41) is 2.14. The van der Waals surface area contributed by atoms with Gasteiger partial charge in [-0.15, -0.1) is 0 Å². The van der Waals surface area contributed by atoms with E-state index in [-0.39, 0.29) is 38.5 Å². The van der Waals surface area contributed by atoms with E-state index >= 15 is 0 Å². The maximum atomic E-state index is 13.6. The van der Waals surface area contributed by atoms with E-state index in [0.717, 1.165) is 21.9 Å². The Bertz CT molecular complexity index is 760. The van der Waals surface area contributed by atoms with Gasteiger partial charge >= 0.3 is 6.18 Å². The molecule has 30 heavy (non-hydrogen) atoms. The Hall–Kier alpha value is -2.31. The lowest BCUT2D eigenvalue weighted by molar-refractivity contribution is -0.137. The van der Waals surface area contributed by atoms with Gasteiger partial charge in [0.2, 0.25) is 5.91 Å². The SMILES string of the molecule is CCN(CC(F)F)[C@@H](CN)C(=O)Nc1ccc(N2CCOCC2=O)cc1C(F)(F)F. The molecule has 0 bridgehead atoms. The van der Waals surface area contributed by atoms with E-state index < -0.39 is 48.3 Å². The summed E-state index contributed by atoms with van der Waals surface area (Å²) in [7, 11) is 0. The number of ether oxygens (including phenoxy) is 1. The summed E-state index contributed by atoms with van der Waals surface area (Å²) in [6.45, 7) is 0.535. The zero-order valence-electron chi connectivity index (χ0n) is 16.2. The van der Waals surface area contributed by atoms with Crippen LogP contribution >= 0.6 is 0 Å². The second kappa shape index (κ2) is 10.1. The Kier molecular flexibility index (Phi) is 8.10. The molecule has 3 N–H and O–H groups in total. The van der Waals surface area contributed by atoms with Gasteiger partial charge in [0.1, 0.15) is 12.6 Å². The highest BCUT2D eigenvalue weighted by molar-refractivity contribution is 5.98. The van der Waals surface area contributed by atoms with Gasteiger partial charge in [0.25, 0.3) is 12.3 Å². The first kappa shape index (κ1) is 24.0. The van der Waals surface area contributed by atoms with Gasteiger partial charge in [-0.05, 0) is 24.7 Å². The number of halogens is 5. The fraction of sp³-hybridized carbons (Fsp3) is 0.556. The first-order chi connectivity index (χ1) is 14.1. The Labute approximate surface area is 169 Å². The second-order valence-corrected chi connectivity index (χ2v) is 6.55.